The summed E-state index contributed by atoms with van der Waals surface area (Å²) < 4.78 is 16.7. The quantitative estimate of drug-likeness (QED) is 0.717. The van der Waals surface area contributed by atoms with Crippen LogP contribution < -0.4 is 14.4 Å². The zero-order chi connectivity index (χ0) is 20.9. The molecule has 0 bridgehead atoms. The van der Waals surface area contributed by atoms with Crippen LogP contribution in [0, 0.1) is 0 Å². The number of rotatable bonds is 6. The van der Waals surface area contributed by atoms with Gasteiger partial charge in [0.2, 0.25) is 0 Å². The van der Waals surface area contributed by atoms with Crippen molar-refractivity contribution in [3.05, 3.63) is 54.1 Å². The van der Waals surface area contributed by atoms with Gasteiger partial charge in [-0.15, -0.1) is 0 Å². The van der Waals surface area contributed by atoms with Gasteiger partial charge in [0.15, 0.2) is 11.5 Å². The van der Waals surface area contributed by atoms with Gasteiger partial charge in [-0.3, -0.25) is 0 Å². The average Bonchev–Trinajstić information content (AvgIpc) is 2.76. The van der Waals surface area contributed by atoms with Crippen LogP contribution >= 0.6 is 0 Å². The van der Waals surface area contributed by atoms with Crippen LogP contribution in [0.25, 0.3) is 0 Å². The van der Waals surface area contributed by atoms with E-state index in [9.17, 15) is 4.79 Å². The van der Waals surface area contributed by atoms with Crippen molar-refractivity contribution in [2.45, 2.75) is 37.8 Å². The summed E-state index contributed by atoms with van der Waals surface area (Å²) in [6.45, 7) is 2.10. The zero-order valence-corrected chi connectivity index (χ0v) is 17.8. The van der Waals surface area contributed by atoms with Gasteiger partial charge in [0.25, 0.3) is 0 Å². The number of nitrogens with zero attached hydrogens (tertiary/aromatic N) is 2. The lowest BCUT2D eigenvalue weighted by Gasteiger charge is -2.42. The number of hydrogen-bond acceptors (Lipinski definition) is 5. The van der Waals surface area contributed by atoms with Crippen LogP contribution in [0.3, 0.4) is 0 Å². The van der Waals surface area contributed by atoms with Crippen LogP contribution in [0.4, 0.5) is 10.5 Å². The number of ether oxygens (including phenoxy) is 3. The molecule has 2 fully saturated rings. The minimum absolute atomic E-state index is 0.0340. The summed E-state index contributed by atoms with van der Waals surface area (Å²) in [6, 6.07) is 16.4. The molecule has 1 saturated heterocycles. The first-order valence-electron chi connectivity index (χ1n) is 10.7. The Labute approximate surface area is 178 Å². The number of methoxy groups -OCH3 is 2. The Morgan fingerprint density at radius 1 is 1.03 bits per heavy atom. The van der Waals surface area contributed by atoms with Crippen LogP contribution in [0.15, 0.2) is 48.5 Å². The molecule has 2 aromatic rings. The van der Waals surface area contributed by atoms with Crippen molar-refractivity contribution in [3.63, 3.8) is 0 Å². The molecule has 30 heavy (non-hydrogen) atoms. The third-order valence-corrected chi connectivity index (χ3v) is 6.06. The summed E-state index contributed by atoms with van der Waals surface area (Å²) in [5, 5.41) is 0. The first-order chi connectivity index (χ1) is 14.7. The van der Waals surface area contributed by atoms with Crippen molar-refractivity contribution in [1.29, 1.82) is 0 Å². The van der Waals surface area contributed by atoms with Crippen molar-refractivity contribution in [2.24, 2.45) is 0 Å². The van der Waals surface area contributed by atoms with E-state index in [0.717, 1.165) is 49.5 Å². The van der Waals surface area contributed by atoms with Gasteiger partial charge in [-0.25, -0.2) is 4.79 Å². The highest BCUT2D eigenvalue weighted by Gasteiger charge is 2.32. The highest BCUT2D eigenvalue weighted by Crippen LogP contribution is 2.36. The molecular weight excluding hydrogens is 380 g/mol. The Morgan fingerprint density at radius 3 is 2.50 bits per heavy atom. The molecule has 1 heterocycles. The maximum atomic E-state index is 12.4. The maximum absolute atomic E-state index is 12.4. The topological polar surface area (TPSA) is 51.2 Å². The number of anilines is 1. The Kier molecular flexibility index (Phi) is 6.31. The molecule has 1 amide bonds. The molecule has 0 radical (unpaired) electrons. The van der Waals surface area contributed by atoms with Crippen molar-refractivity contribution in [1.82, 2.24) is 4.90 Å². The van der Waals surface area contributed by atoms with Gasteiger partial charge in [-0.1, -0.05) is 30.3 Å². The van der Waals surface area contributed by atoms with E-state index in [4.69, 9.17) is 14.2 Å². The monoisotopic (exact) mass is 410 g/mol. The predicted octanol–water partition coefficient (Wildman–Crippen LogP) is 4.13. The van der Waals surface area contributed by atoms with E-state index in [0.29, 0.717) is 6.54 Å². The number of carbonyl (C=O) groups is 1. The van der Waals surface area contributed by atoms with Gasteiger partial charge in [0.1, 0.15) is 0 Å². The largest absolute Gasteiger partial charge is 0.493 e. The summed E-state index contributed by atoms with van der Waals surface area (Å²) in [6.07, 6.45) is 4.24. The van der Waals surface area contributed by atoms with E-state index in [1.165, 1.54) is 19.1 Å². The molecule has 6 heteroatoms. The van der Waals surface area contributed by atoms with E-state index in [-0.39, 0.29) is 18.2 Å². The highest BCUT2D eigenvalue weighted by molar-refractivity contribution is 5.69. The van der Waals surface area contributed by atoms with Crippen LogP contribution in [-0.4, -0.2) is 57.0 Å². The number of benzene rings is 2. The minimum Gasteiger partial charge on any atom is -0.493 e. The van der Waals surface area contributed by atoms with Crippen molar-refractivity contribution in [3.8, 4) is 11.5 Å². The first-order valence-corrected chi connectivity index (χ1v) is 10.7. The molecule has 2 aromatic carbocycles. The fourth-order valence-corrected chi connectivity index (χ4v) is 4.13. The van der Waals surface area contributed by atoms with Gasteiger partial charge >= 0.3 is 6.09 Å². The molecule has 0 unspecified atom stereocenters. The van der Waals surface area contributed by atoms with Crippen LogP contribution in [0.1, 0.15) is 24.8 Å². The molecule has 1 aliphatic heterocycles. The summed E-state index contributed by atoms with van der Waals surface area (Å²) >= 11 is 0. The second-order valence-electron chi connectivity index (χ2n) is 7.96. The fraction of sp³-hybridized carbons (Fsp3) is 0.458. The molecule has 0 spiro atoms. The lowest BCUT2D eigenvalue weighted by atomic mass is 9.96. The van der Waals surface area contributed by atoms with Gasteiger partial charge in [0, 0.05) is 31.4 Å². The van der Waals surface area contributed by atoms with Gasteiger partial charge < -0.3 is 24.0 Å². The summed E-state index contributed by atoms with van der Waals surface area (Å²) in [5.41, 5.74) is 2.30. The molecule has 0 aromatic heterocycles. The van der Waals surface area contributed by atoms with Crippen molar-refractivity contribution >= 4 is 11.8 Å². The molecule has 1 aliphatic carbocycles. The standard InChI is InChI=1S/C24H30N2O4/c1-28-22-12-11-19(16-23(22)30-21-9-6-10-21)25-13-14-26(24(27)29-2)20(17-25)15-18-7-4-3-5-8-18/h3-5,7-8,11-12,16,20-21H,6,9-10,13-15,17H2,1-2H3/t20-/m0/s1. The average molecular weight is 411 g/mol. The number of carbonyl (C=O) groups excluding carboxylic acids is 1. The third kappa shape index (κ3) is 4.48. The molecule has 2 aliphatic rings. The van der Waals surface area contributed by atoms with E-state index < -0.39 is 0 Å². The third-order valence-electron chi connectivity index (χ3n) is 6.06. The van der Waals surface area contributed by atoms with Gasteiger partial charge in [-0.05, 0) is 43.4 Å². The van der Waals surface area contributed by atoms with Crippen LogP contribution in [0.5, 0.6) is 11.5 Å². The normalized spacial score (nSPS) is 19.2. The van der Waals surface area contributed by atoms with Crippen LogP contribution in [0.2, 0.25) is 0 Å². The SMILES string of the molecule is COC(=O)N1CCN(c2ccc(OC)c(OC3CCC3)c2)C[C@@H]1Cc1ccccc1. The Morgan fingerprint density at radius 2 is 1.83 bits per heavy atom. The molecular formula is C24H30N2O4. The second kappa shape index (κ2) is 9.28. The number of hydrogen-bond donors (Lipinski definition) is 0. The number of amides is 1. The molecule has 1 saturated carbocycles. The summed E-state index contributed by atoms with van der Waals surface area (Å²) in [4.78, 5) is 16.5. The summed E-state index contributed by atoms with van der Waals surface area (Å²) in [7, 11) is 3.12. The van der Waals surface area contributed by atoms with Gasteiger partial charge in [-0.2, -0.15) is 0 Å². The summed E-state index contributed by atoms with van der Waals surface area (Å²) in [5.74, 6) is 1.56. The molecule has 160 valence electrons. The molecule has 4 rings (SSSR count). The second-order valence-corrected chi connectivity index (χ2v) is 7.96. The maximum Gasteiger partial charge on any atom is 0.409 e. The number of piperazine rings is 1. The Bertz CT molecular complexity index is 854. The smallest absolute Gasteiger partial charge is 0.409 e. The lowest BCUT2D eigenvalue weighted by Crippen LogP contribution is -2.56. The zero-order valence-electron chi connectivity index (χ0n) is 17.8. The molecule has 6 nitrogen and oxygen atoms in total. The van der Waals surface area contributed by atoms with Crippen LogP contribution in [-0.2, 0) is 11.2 Å². The van der Waals surface area contributed by atoms with Gasteiger partial charge in [0.05, 0.1) is 26.4 Å². The lowest BCUT2D eigenvalue weighted by molar-refractivity contribution is 0.0991. The molecule has 1 atom stereocenters. The minimum atomic E-state index is -0.265. The Balaban J connectivity index is 1.54. The predicted molar refractivity (Wildman–Crippen MR) is 117 cm³/mol. The Hall–Kier alpha value is -2.89. The highest BCUT2D eigenvalue weighted by atomic mass is 16.5. The van der Waals surface area contributed by atoms with Crippen molar-refractivity contribution in [2.75, 3.05) is 38.8 Å². The first kappa shape index (κ1) is 20.4. The molecule has 0 N–H and O–H groups in total. The fourth-order valence-electron chi connectivity index (χ4n) is 4.13. The van der Waals surface area contributed by atoms with E-state index >= 15 is 0 Å². The van der Waals surface area contributed by atoms with E-state index in [1.807, 2.05) is 29.2 Å². The van der Waals surface area contributed by atoms with E-state index in [1.54, 1.807) is 7.11 Å². The van der Waals surface area contributed by atoms with E-state index in [2.05, 4.69) is 29.2 Å². The van der Waals surface area contributed by atoms with Crippen molar-refractivity contribution < 1.29 is 19.0 Å².